The number of rotatable bonds is 5. The van der Waals surface area contributed by atoms with Crippen LogP contribution in [0.4, 0.5) is 8.78 Å². The number of aliphatic hydroxyl groups is 2. The first-order valence-corrected chi connectivity index (χ1v) is 9.04. The van der Waals surface area contributed by atoms with E-state index in [0.717, 1.165) is 10.6 Å². The fourth-order valence-corrected chi connectivity index (χ4v) is 3.65. The maximum atomic E-state index is 14.9. The van der Waals surface area contributed by atoms with E-state index in [1.165, 1.54) is 34.9 Å². The Hall–Kier alpha value is -3.29. The van der Waals surface area contributed by atoms with Gasteiger partial charge in [0.2, 0.25) is 0 Å². The minimum Gasteiger partial charge on any atom is -0.394 e. The van der Waals surface area contributed by atoms with Crippen molar-refractivity contribution < 1.29 is 19.0 Å². The van der Waals surface area contributed by atoms with Crippen LogP contribution < -0.4 is 5.69 Å². The number of aliphatic hydroxyl groups excluding tert-OH is 2. The quantitative estimate of drug-likeness (QED) is 0.545. The molecule has 0 aliphatic carbocycles. The normalized spacial score (nSPS) is 13.5. The number of para-hydroxylation sites is 2. The molecule has 1 heterocycles. The van der Waals surface area contributed by atoms with E-state index < -0.39 is 36.1 Å². The van der Waals surface area contributed by atoms with Gasteiger partial charge in [0.05, 0.1) is 23.9 Å². The molecule has 5 nitrogen and oxygen atoms in total. The van der Waals surface area contributed by atoms with Gasteiger partial charge in [-0.05, 0) is 42.0 Å². The van der Waals surface area contributed by atoms with Gasteiger partial charge in [0.25, 0.3) is 0 Å². The van der Waals surface area contributed by atoms with Crippen molar-refractivity contribution in [3.05, 3.63) is 100 Å². The lowest BCUT2D eigenvalue weighted by Crippen LogP contribution is -2.36. The monoisotopic (exact) mass is 396 g/mol. The lowest BCUT2D eigenvalue weighted by molar-refractivity contribution is 0.0640. The van der Waals surface area contributed by atoms with Crippen LogP contribution in [-0.2, 0) is 0 Å². The topological polar surface area (TPSA) is 67.4 Å². The highest BCUT2D eigenvalue weighted by Crippen LogP contribution is 2.29. The summed E-state index contributed by atoms with van der Waals surface area (Å²) < 4.78 is 31.2. The summed E-state index contributed by atoms with van der Waals surface area (Å²) in [6, 6.07) is 17.1. The van der Waals surface area contributed by atoms with Crippen molar-refractivity contribution in [2.75, 3.05) is 6.61 Å². The summed E-state index contributed by atoms with van der Waals surface area (Å²) >= 11 is 0. The van der Waals surface area contributed by atoms with Gasteiger partial charge in [0, 0.05) is 0 Å². The highest BCUT2D eigenvalue weighted by atomic mass is 19.1. The van der Waals surface area contributed by atoms with Gasteiger partial charge >= 0.3 is 5.69 Å². The minimum absolute atomic E-state index is 0.0388. The molecule has 7 heteroatoms. The Morgan fingerprint density at radius 2 is 1.66 bits per heavy atom. The number of nitrogens with zero attached hydrogens (tertiary/aromatic N) is 2. The number of imidazole rings is 1. The molecule has 0 amide bonds. The molecular formula is C22H18F2N2O3. The zero-order chi connectivity index (χ0) is 20.5. The summed E-state index contributed by atoms with van der Waals surface area (Å²) in [5.74, 6) is -1.24. The van der Waals surface area contributed by atoms with E-state index in [0.29, 0.717) is 11.2 Å². The molecule has 4 rings (SSSR count). The van der Waals surface area contributed by atoms with Crippen LogP contribution in [0.3, 0.4) is 0 Å². The summed E-state index contributed by atoms with van der Waals surface area (Å²) in [7, 11) is 0. The van der Waals surface area contributed by atoms with Crippen molar-refractivity contribution in [1.82, 2.24) is 9.13 Å². The van der Waals surface area contributed by atoms with Crippen molar-refractivity contribution in [2.24, 2.45) is 0 Å². The highest BCUT2D eigenvalue weighted by Gasteiger charge is 2.30. The SMILES string of the molecule is O=c1n(-c2ccccc2)c2cccc(F)c2n1[C@@H](c1cccc(F)c1)[C@H](O)CO. The molecular weight excluding hydrogens is 378 g/mol. The van der Waals surface area contributed by atoms with Crippen molar-refractivity contribution in [1.29, 1.82) is 0 Å². The van der Waals surface area contributed by atoms with Crippen molar-refractivity contribution >= 4 is 11.0 Å². The first-order chi connectivity index (χ1) is 14.0. The maximum Gasteiger partial charge on any atom is 0.334 e. The first kappa shape index (κ1) is 19.0. The lowest BCUT2D eigenvalue weighted by Gasteiger charge is -2.23. The summed E-state index contributed by atoms with van der Waals surface area (Å²) in [6.45, 7) is -0.694. The van der Waals surface area contributed by atoms with Crippen LogP contribution in [0.15, 0.2) is 77.6 Å². The lowest BCUT2D eigenvalue weighted by atomic mass is 10.0. The molecule has 0 fully saturated rings. The fourth-order valence-electron chi connectivity index (χ4n) is 3.65. The predicted molar refractivity (Wildman–Crippen MR) is 105 cm³/mol. The molecule has 0 bridgehead atoms. The van der Waals surface area contributed by atoms with E-state index in [4.69, 9.17) is 0 Å². The molecule has 1 aromatic heterocycles. The standard InChI is InChI=1S/C22H18F2N2O3/c23-15-7-4-6-14(12-15)20(19(28)13-27)26-21-17(24)10-5-11-18(21)25(22(26)29)16-8-2-1-3-9-16/h1-12,19-20,27-28H,13H2/t19-,20+/m1/s1. The van der Waals surface area contributed by atoms with Crippen LogP contribution >= 0.6 is 0 Å². The van der Waals surface area contributed by atoms with Crippen LogP contribution in [-0.4, -0.2) is 32.1 Å². The molecule has 29 heavy (non-hydrogen) atoms. The smallest absolute Gasteiger partial charge is 0.334 e. The van der Waals surface area contributed by atoms with Crippen molar-refractivity contribution in [3.63, 3.8) is 0 Å². The summed E-state index contributed by atoms with van der Waals surface area (Å²) in [5, 5.41) is 20.1. The third-order valence-corrected chi connectivity index (χ3v) is 4.88. The molecule has 0 saturated heterocycles. The predicted octanol–water partition coefficient (Wildman–Crippen LogP) is 3.01. The molecule has 2 atom stereocenters. The third kappa shape index (κ3) is 3.24. The summed E-state index contributed by atoms with van der Waals surface area (Å²) in [6.07, 6.45) is -1.45. The zero-order valence-corrected chi connectivity index (χ0v) is 15.2. The second-order valence-electron chi connectivity index (χ2n) is 6.68. The van der Waals surface area contributed by atoms with Crippen molar-refractivity contribution in [3.8, 4) is 5.69 Å². The minimum atomic E-state index is -1.45. The summed E-state index contributed by atoms with van der Waals surface area (Å²) in [5.41, 5.74) is 0.404. The number of fused-ring (bicyclic) bond motifs is 1. The number of aromatic nitrogens is 2. The van der Waals surface area contributed by atoms with Gasteiger partial charge in [-0.1, -0.05) is 36.4 Å². The van der Waals surface area contributed by atoms with E-state index in [9.17, 15) is 23.8 Å². The average Bonchev–Trinajstić information content (AvgIpc) is 3.02. The number of benzene rings is 3. The van der Waals surface area contributed by atoms with Crippen LogP contribution in [0, 0.1) is 11.6 Å². The second-order valence-corrected chi connectivity index (χ2v) is 6.68. The highest BCUT2D eigenvalue weighted by molar-refractivity contribution is 5.79. The van der Waals surface area contributed by atoms with E-state index in [2.05, 4.69) is 0 Å². The van der Waals surface area contributed by atoms with Gasteiger partial charge in [-0.2, -0.15) is 0 Å². The molecule has 0 unspecified atom stereocenters. The van der Waals surface area contributed by atoms with Crippen molar-refractivity contribution in [2.45, 2.75) is 12.1 Å². The van der Waals surface area contributed by atoms with E-state index in [1.54, 1.807) is 36.4 Å². The largest absolute Gasteiger partial charge is 0.394 e. The molecule has 3 aromatic carbocycles. The zero-order valence-electron chi connectivity index (χ0n) is 15.2. The Morgan fingerprint density at radius 3 is 2.34 bits per heavy atom. The Morgan fingerprint density at radius 1 is 0.931 bits per heavy atom. The fraction of sp³-hybridized carbons (Fsp3) is 0.136. The molecule has 0 saturated carbocycles. The second kappa shape index (κ2) is 7.62. The average molecular weight is 396 g/mol. The van der Waals surface area contributed by atoms with E-state index >= 15 is 0 Å². The Balaban J connectivity index is 2.09. The Kier molecular flexibility index (Phi) is 5.00. The van der Waals surface area contributed by atoms with Gasteiger partial charge in [-0.3, -0.25) is 9.13 Å². The van der Waals surface area contributed by atoms with E-state index in [1.807, 2.05) is 0 Å². The molecule has 148 valence electrons. The Labute approximate surface area is 164 Å². The number of hydrogen-bond donors (Lipinski definition) is 2. The molecule has 2 N–H and O–H groups in total. The number of hydrogen-bond acceptors (Lipinski definition) is 3. The van der Waals surface area contributed by atoms with Crippen LogP contribution in [0.1, 0.15) is 11.6 Å². The van der Waals surface area contributed by atoms with Crippen LogP contribution in [0.5, 0.6) is 0 Å². The van der Waals surface area contributed by atoms with Crippen LogP contribution in [0.2, 0.25) is 0 Å². The van der Waals surface area contributed by atoms with Gasteiger partial charge in [0.1, 0.15) is 23.3 Å². The van der Waals surface area contributed by atoms with Gasteiger partial charge in [0.15, 0.2) is 0 Å². The van der Waals surface area contributed by atoms with Crippen LogP contribution in [0.25, 0.3) is 16.7 Å². The maximum absolute atomic E-state index is 14.9. The summed E-state index contributed by atoms with van der Waals surface area (Å²) in [4.78, 5) is 13.4. The Bertz CT molecular complexity index is 1220. The van der Waals surface area contributed by atoms with Gasteiger partial charge in [-0.25, -0.2) is 13.6 Å². The van der Waals surface area contributed by atoms with Gasteiger partial charge in [-0.15, -0.1) is 0 Å². The molecule has 0 spiro atoms. The van der Waals surface area contributed by atoms with Gasteiger partial charge < -0.3 is 10.2 Å². The molecule has 4 aromatic rings. The molecule has 0 aliphatic heterocycles. The molecule has 0 radical (unpaired) electrons. The first-order valence-electron chi connectivity index (χ1n) is 9.04. The third-order valence-electron chi connectivity index (χ3n) is 4.88. The molecule has 0 aliphatic rings. The van der Waals surface area contributed by atoms with E-state index in [-0.39, 0.29) is 11.1 Å². The number of halogens is 2.